The monoisotopic (exact) mass is 668 g/mol. The molecule has 1 N–H and O–H groups in total. The molecule has 0 atom stereocenters. The van der Waals surface area contributed by atoms with Crippen molar-refractivity contribution in [1.29, 1.82) is 0 Å². The van der Waals surface area contributed by atoms with E-state index >= 15 is 0 Å². The minimum absolute atomic E-state index is 0.123. The summed E-state index contributed by atoms with van der Waals surface area (Å²) in [6.45, 7) is 0. The van der Waals surface area contributed by atoms with Crippen molar-refractivity contribution in [1.82, 2.24) is 19.5 Å². The van der Waals surface area contributed by atoms with Crippen LogP contribution in [0.5, 0.6) is 5.75 Å². The summed E-state index contributed by atoms with van der Waals surface area (Å²) >= 11 is 0. The molecule has 0 fully saturated rings. The molecule has 3 aromatic heterocycles. The Morgan fingerprint density at radius 3 is 1.77 bits per heavy atom. The Morgan fingerprint density at radius 2 is 1.06 bits per heavy atom. The molecule has 0 spiro atoms. The number of rotatable bonds is 7. The fraction of sp³-hybridized carbons (Fsp3) is 0. The third-order valence-corrected chi connectivity index (χ3v) is 9.47. The molecule has 9 rings (SSSR count). The third-order valence-electron chi connectivity index (χ3n) is 9.47. The van der Waals surface area contributed by atoms with E-state index in [2.05, 4.69) is 131 Å². The quantitative estimate of drug-likeness (QED) is 0.184. The molecular formula is C47H32N4O. The highest BCUT2D eigenvalue weighted by Gasteiger charge is 2.20. The van der Waals surface area contributed by atoms with Gasteiger partial charge in [0.05, 0.1) is 22.3 Å². The van der Waals surface area contributed by atoms with Crippen molar-refractivity contribution < 1.29 is 5.11 Å². The predicted molar refractivity (Wildman–Crippen MR) is 211 cm³/mol. The lowest BCUT2D eigenvalue weighted by Gasteiger charge is -2.13. The molecule has 0 saturated carbocycles. The molecule has 5 nitrogen and oxygen atoms in total. The van der Waals surface area contributed by atoms with Gasteiger partial charge < -0.3 is 5.11 Å². The van der Waals surface area contributed by atoms with E-state index in [0.29, 0.717) is 11.4 Å². The van der Waals surface area contributed by atoms with Gasteiger partial charge in [-0.1, -0.05) is 115 Å². The van der Waals surface area contributed by atoms with Crippen LogP contribution in [0, 0.1) is 0 Å². The summed E-state index contributed by atoms with van der Waals surface area (Å²) in [4.78, 5) is 14.4. The van der Waals surface area contributed by atoms with Gasteiger partial charge in [0.2, 0.25) is 0 Å². The Labute approximate surface area is 301 Å². The summed E-state index contributed by atoms with van der Waals surface area (Å²) in [6.07, 6.45) is 5.14. The minimum atomic E-state index is 0.123. The molecular weight excluding hydrogens is 637 g/mol. The molecule has 6 aromatic carbocycles. The van der Waals surface area contributed by atoms with Crippen LogP contribution in [0.3, 0.4) is 0 Å². The van der Waals surface area contributed by atoms with Crippen molar-refractivity contribution in [2.45, 2.75) is 0 Å². The average molecular weight is 669 g/mol. The number of para-hydroxylation sites is 2. The Kier molecular flexibility index (Phi) is 7.91. The molecule has 9 aromatic rings. The number of fused-ring (bicyclic) bond motifs is 1. The Balaban J connectivity index is 1.21. The number of aromatic hydroxyl groups is 1. The van der Waals surface area contributed by atoms with Crippen LogP contribution in [-0.4, -0.2) is 24.6 Å². The van der Waals surface area contributed by atoms with Crippen LogP contribution in [0.2, 0.25) is 0 Å². The maximum absolute atomic E-state index is 10.9. The maximum atomic E-state index is 10.9. The molecule has 5 heteroatoms. The van der Waals surface area contributed by atoms with Gasteiger partial charge in [-0.25, -0.2) is 4.98 Å². The van der Waals surface area contributed by atoms with E-state index < -0.39 is 0 Å². The van der Waals surface area contributed by atoms with Crippen LogP contribution >= 0.6 is 0 Å². The van der Waals surface area contributed by atoms with Crippen molar-refractivity contribution in [3.63, 3.8) is 0 Å². The summed E-state index contributed by atoms with van der Waals surface area (Å²) in [5.41, 5.74) is 13.9. The van der Waals surface area contributed by atoms with Crippen molar-refractivity contribution in [2.75, 3.05) is 0 Å². The van der Waals surface area contributed by atoms with E-state index in [9.17, 15) is 5.11 Å². The molecule has 3 heterocycles. The summed E-state index contributed by atoms with van der Waals surface area (Å²) in [5.74, 6) is 0.740. The lowest BCUT2D eigenvalue weighted by atomic mass is 9.93. The highest BCUT2D eigenvalue weighted by Crippen LogP contribution is 2.39. The van der Waals surface area contributed by atoms with Gasteiger partial charge in [0.15, 0.2) is 5.82 Å². The van der Waals surface area contributed by atoms with E-state index in [-0.39, 0.29) is 5.75 Å². The standard InChI is InChI=1S/C47H32N4O/c52-45-24-25-48-31-42(45)47-50-46-41(17-10-18-44(46)51(47)40-15-8-3-9-16-40)38-27-37(33-13-6-2-7-14-33)28-39(29-38)43-30-36(23-26-49-43)35-21-19-34(20-22-35)32-11-4-1-5-12-32/h1-31H,(H,48,52). The van der Waals surface area contributed by atoms with Gasteiger partial charge in [0.25, 0.3) is 0 Å². The van der Waals surface area contributed by atoms with E-state index in [1.165, 1.54) is 11.1 Å². The van der Waals surface area contributed by atoms with Gasteiger partial charge in [0, 0.05) is 35.4 Å². The molecule has 0 bridgehead atoms. The number of hydrogen-bond donors (Lipinski definition) is 1. The van der Waals surface area contributed by atoms with E-state index in [1.54, 1.807) is 18.5 Å². The normalized spacial score (nSPS) is 11.2. The maximum Gasteiger partial charge on any atom is 0.151 e. The SMILES string of the molecule is Oc1ccncc1-c1nc2c(-c3cc(-c4ccccc4)cc(-c4cc(-c5ccc(-c6ccccc6)cc5)ccn4)c3)cccc2n1-c1ccccc1. The Morgan fingerprint density at radius 1 is 0.442 bits per heavy atom. The fourth-order valence-corrected chi connectivity index (χ4v) is 6.89. The van der Waals surface area contributed by atoms with Gasteiger partial charge in [-0.2, -0.15) is 0 Å². The van der Waals surface area contributed by atoms with Crippen LogP contribution in [0.1, 0.15) is 0 Å². The molecule has 0 saturated heterocycles. The summed E-state index contributed by atoms with van der Waals surface area (Å²) in [7, 11) is 0. The summed E-state index contributed by atoms with van der Waals surface area (Å²) < 4.78 is 2.09. The average Bonchev–Trinajstić information content (AvgIpc) is 3.62. The minimum Gasteiger partial charge on any atom is -0.507 e. The highest BCUT2D eigenvalue weighted by atomic mass is 16.3. The largest absolute Gasteiger partial charge is 0.507 e. The summed E-state index contributed by atoms with van der Waals surface area (Å²) in [5, 5.41) is 10.9. The van der Waals surface area contributed by atoms with Gasteiger partial charge >= 0.3 is 0 Å². The van der Waals surface area contributed by atoms with Crippen molar-refractivity contribution in [2.24, 2.45) is 0 Å². The first kappa shape index (κ1) is 30.9. The van der Waals surface area contributed by atoms with Crippen molar-refractivity contribution >= 4 is 11.0 Å². The zero-order valence-corrected chi connectivity index (χ0v) is 28.1. The van der Waals surface area contributed by atoms with E-state index in [0.717, 1.165) is 61.4 Å². The second-order valence-electron chi connectivity index (χ2n) is 12.7. The Bertz CT molecular complexity index is 2670. The first-order valence-corrected chi connectivity index (χ1v) is 17.2. The van der Waals surface area contributed by atoms with Crippen LogP contribution < -0.4 is 0 Å². The molecule has 246 valence electrons. The number of hydrogen-bond acceptors (Lipinski definition) is 4. The lowest BCUT2D eigenvalue weighted by Crippen LogP contribution is -1.97. The number of imidazole rings is 1. The smallest absolute Gasteiger partial charge is 0.151 e. The molecule has 0 aliphatic heterocycles. The van der Waals surface area contributed by atoms with Gasteiger partial charge in [-0.15, -0.1) is 0 Å². The number of aromatic nitrogens is 4. The molecule has 0 amide bonds. The number of nitrogens with zero attached hydrogens (tertiary/aromatic N) is 4. The van der Waals surface area contributed by atoms with Gasteiger partial charge in [-0.05, 0) is 93.5 Å². The predicted octanol–water partition coefficient (Wildman–Crippen LogP) is 11.5. The number of benzene rings is 6. The molecule has 52 heavy (non-hydrogen) atoms. The molecule has 0 aliphatic rings. The van der Waals surface area contributed by atoms with E-state index in [4.69, 9.17) is 9.97 Å². The Hall–Kier alpha value is -7.11. The zero-order valence-electron chi connectivity index (χ0n) is 28.1. The van der Waals surface area contributed by atoms with Crippen LogP contribution in [0.25, 0.3) is 83.9 Å². The van der Waals surface area contributed by atoms with Crippen molar-refractivity contribution in [3.8, 4) is 78.6 Å². The summed E-state index contributed by atoms with van der Waals surface area (Å²) in [6, 6.07) is 58.4. The van der Waals surface area contributed by atoms with Crippen molar-refractivity contribution in [3.05, 3.63) is 188 Å². The second-order valence-corrected chi connectivity index (χ2v) is 12.7. The van der Waals surface area contributed by atoms with Crippen LogP contribution in [0.15, 0.2) is 188 Å². The molecule has 0 unspecified atom stereocenters. The van der Waals surface area contributed by atoms with Gasteiger partial charge in [0.1, 0.15) is 5.75 Å². The number of pyridine rings is 2. The first-order chi connectivity index (χ1) is 25.7. The fourth-order valence-electron chi connectivity index (χ4n) is 6.89. The van der Waals surface area contributed by atoms with Crippen LogP contribution in [-0.2, 0) is 0 Å². The first-order valence-electron chi connectivity index (χ1n) is 17.2. The second kappa shape index (κ2) is 13.3. The highest BCUT2D eigenvalue weighted by molar-refractivity contribution is 5.97. The lowest BCUT2D eigenvalue weighted by molar-refractivity contribution is 0.476. The zero-order chi connectivity index (χ0) is 34.9. The van der Waals surface area contributed by atoms with Crippen LogP contribution in [0.4, 0.5) is 0 Å². The van der Waals surface area contributed by atoms with E-state index in [1.807, 2.05) is 48.7 Å². The third kappa shape index (κ3) is 5.80. The molecule has 0 radical (unpaired) electrons. The topological polar surface area (TPSA) is 63.8 Å². The molecule has 0 aliphatic carbocycles. The van der Waals surface area contributed by atoms with Gasteiger partial charge in [-0.3, -0.25) is 14.5 Å².